The first-order valence-corrected chi connectivity index (χ1v) is 7.86. The Morgan fingerprint density at radius 3 is 2.52 bits per heavy atom. The fourth-order valence-electron chi connectivity index (χ4n) is 2.77. The van der Waals surface area contributed by atoms with E-state index in [1.54, 1.807) is 6.92 Å². The van der Waals surface area contributed by atoms with Crippen molar-refractivity contribution in [2.24, 2.45) is 0 Å². The van der Waals surface area contributed by atoms with Crippen molar-refractivity contribution in [2.45, 2.75) is 40.7 Å². The lowest BCUT2D eigenvalue weighted by Crippen LogP contribution is -2.31. The normalized spacial score (nSPS) is 10.6. The summed E-state index contributed by atoms with van der Waals surface area (Å²) in [6, 6.07) is 4.40. The second kappa shape index (κ2) is 7.27. The maximum atomic E-state index is 11.3. The van der Waals surface area contributed by atoms with Crippen molar-refractivity contribution in [2.75, 3.05) is 6.61 Å². The van der Waals surface area contributed by atoms with E-state index in [1.807, 2.05) is 6.20 Å². The van der Waals surface area contributed by atoms with E-state index in [-0.39, 0.29) is 5.97 Å². The lowest BCUT2D eigenvalue weighted by molar-refractivity contribution is -0.696. The molecule has 0 radical (unpaired) electrons. The lowest BCUT2D eigenvalue weighted by Gasteiger charge is -2.07. The third kappa shape index (κ3) is 4.31. The first-order chi connectivity index (χ1) is 10.9. The van der Waals surface area contributed by atoms with Crippen LogP contribution in [0.5, 0.6) is 0 Å². The van der Waals surface area contributed by atoms with Gasteiger partial charge in [0.25, 0.3) is 0 Å². The van der Waals surface area contributed by atoms with Crippen LogP contribution in [0.15, 0.2) is 43.0 Å². The summed E-state index contributed by atoms with van der Waals surface area (Å²) in [7, 11) is 0. The summed E-state index contributed by atoms with van der Waals surface area (Å²) in [4.78, 5) is 11.3. The van der Waals surface area contributed by atoms with Gasteiger partial charge in [-0.2, -0.15) is 0 Å². The van der Waals surface area contributed by atoms with Crippen molar-refractivity contribution in [3.8, 4) is 5.69 Å². The van der Waals surface area contributed by atoms with E-state index in [1.165, 1.54) is 22.4 Å². The number of imidazole rings is 1. The van der Waals surface area contributed by atoms with Crippen LogP contribution >= 0.6 is 0 Å². The molecule has 0 aliphatic heterocycles. The van der Waals surface area contributed by atoms with Crippen LogP contribution in [0.3, 0.4) is 0 Å². The van der Waals surface area contributed by atoms with Crippen molar-refractivity contribution in [3.05, 3.63) is 59.7 Å². The van der Waals surface area contributed by atoms with E-state index >= 15 is 0 Å². The van der Waals surface area contributed by atoms with Crippen LogP contribution in [-0.4, -0.2) is 17.1 Å². The second-order valence-electron chi connectivity index (χ2n) is 6.08. The topological polar surface area (TPSA) is 35.1 Å². The number of benzene rings is 1. The zero-order valence-electron chi connectivity index (χ0n) is 14.4. The Hall–Kier alpha value is -2.36. The third-order valence-electron chi connectivity index (χ3n) is 3.73. The highest BCUT2D eigenvalue weighted by Crippen LogP contribution is 2.20. The zero-order chi connectivity index (χ0) is 17.0. The van der Waals surface area contributed by atoms with Crippen LogP contribution < -0.4 is 4.57 Å². The zero-order valence-corrected chi connectivity index (χ0v) is 14.4. The number of nitrogens with zero attached hydrogens (tertiary/aromatic N) is 2. The molecule has 0 aliphatic rings. The number of ether oxygens (including phenoxy) is 1. The molecule has 0 saturated heterocycles. The minimum atomic E-state index is -0.321. The van der Waals surface area contributed by atoms with Gasteiger partial charge in [-0.15, -0.1) is 0 Å². The van der Waals surface area contributed by atoms with Crippen molar-refractivity contribution >= 4 is 5.97 Å². The van der Waals surface area contributed by atoms with Crippen molar-refractivity contribution < 1.29 is 14.1 Å². The summed E-state index contributed by atoms with van der Waals surface area (Å²) in [6.07, 6.45) is 6.95. The monoisotopic (exact) mass is 313 g/mol. The predicted molar refractivity (Wildman–Crippen MR) is 90.6 cm³/mol. The third-order valence-corrected chi connectivity index (χ3v) is 3.73. The highest BCUT2D eigenvalue weighted by molar-refractivity contribution is 5.86. The van der Waals surface area contributed by atoms with Crippen LogP contribution in [0.2, 0.25) is 0 Å². The molecule has 1 aromatic heterocycles. The van der Waals surface area contributed by atoms with Gasteiger partial charge in [-0.05, 0) is 38.8 Å². The molecule has 23 heavy (non-hydrogen) atoms. The largest absolute Gasteiger partial charge is 0.462 e. The molecule has 0 amide bonds. The molecule has 0 unspecified atom stereocenters. The summed E-state index contributed by atoms with van der Waals surface area (Å²) in [5, 5.41) is 0. The van der Waals surface area contributed by atoms with Gasteiger partial charge in [0.05, 0.1) is 13.2 Å². The van der Waals surface area contributed by atoms with Gasteiger partial charge < -0.3 is 4.74 Å². The van der Waals surface area contributed by atoms with E-state index in [0.717, 1.165) is 13.0 Å². The number of hydrogen-bond acceptors (Lipinski definition) is 2. The Bertz CT molecular complexity index is 706. The van der Waals surface area contributed by atoms with Gasteiger partial charge in [0.2, 0.25) is 6.33 Å². The number of rotatable bonds is 6. The standard InChI is InChI=1S/C19H25N2O2/c1-14(2)19(22)23-10-6-7-20-8-9-21(13-20)18-16(4)11-15(3)12-17(18)5/h8-9,11-13H,1,6-7,10H2,2-5H3/q+1. The number of carbonyl (C=O) groups is 1. The second-order valence-corrected chi connectivity index (χ2v) is 6.08. The van der Waals surface area contributed by atoms with Gasteiger partial charge in [0.15, 0.2) is 0 Å². The summed E-state index contributed by atoms with van der Waals surface area (Å²) < 4.78 is 9.36. The van der Waals surface area contributed by atoms with Crippen molar-refractivity contribution in [1.29, 1.82) is 0 Å². The van der Waals surface area contributed by atoms with E-state index < -0.39 is 0 Å². The molecule has 122 valence electrons. The predicted octanol–water partition coefficient (Wildman–Crippen LogP) is 3.20. The number of aryl methyl sites for hydroxylation is 4. The highest BCUT2D eigenvalue weighted by atomic mass is 16.5. The quantitative estimate of drug-likeness (QED) is 0.355. The molecule has 2 rings (SSSR count). The highest BCUT2D eigenvalue weighted by Gasteiger charge is 2.13. The minimum absolute atomic E-state index is 0.321. The molecule has 0 N–H and O–H groups in total. The molecule has 4 heteroatoms. The van der Waals surface area contributed by atoms with Crippen molar-refractivity contribution in [3.63, 3.8) is 0 Å². The number of aromatic nitrogens is 2. The Kier molecular flexibility index (Phi) is 5.37. The Morgan fingerprint density at radius 2 is 1.91 bits per heavy atom. The molecule has 2 aromatic rings. The molecule has 0 atom stereocenters. The molecular weight excluding hydrogens is 288 g/mol. The molecule has 0 saturated carbocycles. The lowest BCUT2D eigenvalue weighted by atomic mass is 10.1. The number of esters is 1. The molecule has 0 bridgehead atoms. The molecule has 0 fully saturated rings. The van der Waals surface area contributed by atoms with Crippen LogP contribution in [0.4, 0.5) is 0 Å². The molecule has 4 nitrogen and oxygen atoms in total. The Morgan fingerprint density at radius 1 is 1.26 bits per heavy atom. The van der Waals surface area contributed by atoms with E-state index in [4.69, 9.17) is 4.74 Å². The number of carbonyl (C=O) groups excluding carboxylic acids is 1. The van der Waals surface area contributed by atoms with Gasteiger partial charge in [-0.25, -0.2) is 13.9 Å². The first kappa shape index (κ1) is 17.0. The SMILES string of the molecule is C=C(C)C(=O)OCCC[n+]1ccn(-c2c(C)cc(C)cc2C)c1. The molecule has 0 spiro atoms. The maximum absolute atomic E-state index is 11.3. The Balaban J connectivity index is 1.99. The van der Waals surface area contributed by atoms with E-state index in [0.29, 0.717) is 12.2 Å². The average molecular weight is 313 g/mol. The van der Waals surface area contributed by atoms with Crippen LogP contribution in [0.1, 0.15) is 30.0 Å². The van der Waals surface area contributed by atoms with E-state index in [9.17, 15) is 4.79 Å². The maximum Gasteiger partial charge on any atom is 0.333 e. The van der Waals surface area contributed by atoms with Crippen LogP contribution in [0.25, 0.3) is 5.69 Å². The van der Waals surface area contributed by atoms with Gasteiger partial charge in [0.1, 0.15) is 18.1 Å². The number of hydrogen-bond donors (Lipinski definition) is 0. The molecule has 1 aromatic carbocycles. The van der Waals surface area contributed by atoms with Crippen molar-refractivity contribution in [1.82, 2.24) is 4.57 Å². The fraction of sp³-hybridized carbons (Fsp3) is 0.368. The van der Waals surface area contributed by atoms with Gasteiger partial charge in [-0.3, -0.25) is 0 Å². The summed E-state index contributed by atoms with van der Waals surface area (Å²) >= 11 is 0. The van der Waals surface area contributed by atoms with Crippen LogP contribution in [-0.2, 0) is 16.1 Å². The summed E-state index contributed by atoms with van der Waals surface area (Å²) in [6.45, 7) is 12.8. The molecule has 1 heterocycles. The minimum Gasteiger partial charge on any atom is -0.462 e. The fourth-order valence-corrected chi connectivity index (χ4v) is 2.77. The average Bonchev–Trinajstić information content (AvgIpc) is 2.90. The molecular formula is C19H25N2O2+. The molecule has 0 aliphatic carbocycles. The smallest absolute Gasteiger partial charge is 0.333 e. The van der Waals surface area contributed by atoms with Crippen LogP contribution in [0, 0.1) is 20.8 Å². The van der Waals surface area contributed by atoms with Gasteiger partial charge >= 0.3 is 5.97 Å². The van der Waals surface area contributed by atoms with Gasteiger partial charge in [-0.1, -0.05) is 24.3 Å². The Labute approximate surface area is 138 Å². The van der Waals surface area contributed by atoms with Gasteiger partial charge in [0, 0.05) is 12.0 Å². The summed E-state index contributed by atoms with van der Waals surface area (Å²) in [5.74, 6) is -0.321. The summed E-state index contributed by atoms with van der Waals surface area (Å²) in [5.41, 5.74) is 5.47. The first-order valence-electron chi connectivity index (χ1n) is 7.86. The van der Waals surface area contributed by atoms with E-state index in [2.05, 4.69) is 61.1 Å².